The number of piperazine rings is 1. The minimum absolute atomic E-state index is 0.0693. The number of aryl methyl sites for hydroxylation is 1. The zero-order valence-corrected chi connectivity index (χ0v) is 30.4. The number of hydrogen-bond donors (Lipinski definition) is 4. The lowest BCUT2D eigenvalue weighted by atomic mass is 10.0. The molecule has 2 saturated heterocycles. The van der Waals surface area contributed by atoms with E-state index in [0.29, 0.717) is 36.1 Å². The largest absolute Gasteiger partial charge is 0.366 e. The van der Waals surface area contributed by atoms with Crippen LogP contribution in [-0.4, -0.2) is 98.5 Å². The summed E-state index contributed by atoms with van der Waals surface area (Å²) in [6.45, 7) is 8.25. The van der Waals surface area contributed by atoms with Crippen molar-refractivity contribution in [1.82, 2.24) is 34.3 Å². The minimum Gasteiger partial charge on any atom is -0.366 e. The van der Waals surface area contributed by atoms with Crippen LogP contribution in [-0.2, 0) is 33.4 Å². The zero-order valence-electron chi connectivity index (χ0n) is 29.6. The monoisotopic (exact) mass is 723 g/mol. The number of rotatable bonds is 12. The number of hydrogen-bond acceptors (Lipinski definition) is 11. The number of fused-ring (bicyclic) bond motifs is 3. The highest BCUT2D eigenvalue weighted by atomic mass is 32.2. The van der Waals surface area contributed by atoms with Crippen LogP contribution in [0.4, 0.5) is 23.3 Å². The van der Waals surface area contributed by atoms with E-state index in [0.717, 1.165) is 87.1 Å². The van der Waals surface area contributed by atoms with Gasteiger partial charge < -0.3 is 26.2 Å². The van der Waals surface area contributed by atoms with Crippen molar-refractivity contribution in [1.29, 1.82) is 0 Å². The summed E-state index contributed by atoms with van der Waals surface area (Å²) >= 11 is 1.84. The molecule has 4 aromatic rings. The third-order valence-electron chi connectivity index (χ3n) is 10.8. The van der Waals surface area contributed by atoms with Gasteiger partial charge in [-0.1, -0.05) is 12.1 Å². The molecule has 3 aliphatic heterocycles. The van der Waals surface area contributed by atoms with Gasteiger partial charge in [0.25, 0.3) is 0 Å². The smallest absolute Gasteiger partial charge is 0.236 e. The maximum Gasteiger partial charge on any atom is 0.236 e. The van der Waals surface area contributed by atoms with Gasteiger partial charge in [0.1, 0.15) is 5.82 Å². The normalized spacial score (nSPS) is 20.2. The Morgan fingerprint density at radius 2 is 1.96 bits per heavy atom. The van der Waals surface area contributed by atoms with Crippen molar-refractivity contribution < 1.29 is 14.4 Å². The van der Waals surface area contributed by atoms with Gasteiger partial charge in [-0.05, 0) is 80.5 Å². The third kappa shape index (κ3) is 7.04. The van der Waals surface area contributed by atoms with E-state index in [2.05, 4.69) is 93.8 Å². The summed E-state index contributed by atoms with van der Waals surface area (Å²) in [7, 11) is 1.89. The zero-order chi connectivity index (χ0) is 35.8. The van der Waals surface area contributed by atoms with E-state index in [1.807, 2.05) is 31.3 Å². The molecule has 52 heavy (non-hydrogen) atoms. The van der Waals surface area contributed by atoms with E-state index in [1.54, 1.807) is 4.68 Å². The number of benzene rings is 2. The Kier molecular flexibility index (Phi) is 9.49. The number of nitrogens with one attached hydrogen (secondary N) is 4. The molecule has 0 radical (unpaired) electrons. The van der Waals surface area contributed by atoms with E-state index in [-0.39, 0.29) is 30.2 Å². The van der Waals surface area contributed by atoms with E-state index < -0.39 is 0 Å². The Morgan fingerprint density at radius 1 is 1.12 bits per heavy atom. The molecule has 15 heteroatoms. The first-order valence-electron chi connectivity index (χ1n) is 18.2. The fraction of sp³-hybridized carbons (Fsp3) is 0.459. The predicted octanol–water partition coefficient (Wildman–Crippen LogP) is 3.72. The van der Waals surface area contributed by atoms with E-state index >= 15 is 0 Å². The summed E-state index contributed by atoms with van der Waals surface area (Å²) in [6.07, 6.45) is 6.39. The Hall–Kier alpha value is -4.73. The molecule has 4 N–H and O–H groups in total. The van der Waals surface area contributed by atoms with Gasteiger partial charge >= 0.3 is 0 Å². The molecule has 272 valence electrons. The highest BCUT2D eigenvalue weighted by Crippen LogP contribution is 2.54. The number of piperidine rings is 1. The van der Waals surface area contributed by atoms with Crippen molar-refractivity contribution in [2.45, 2.75) is 68.0 Å². The molecular formula is C37H45N11O3S. The second kappa shape index (κ2) is 14.4. The quantitative estimate of drug-likeness (QED) is 0.0962. The van der Waals surface area contributed by atoms with Gasteiger partial charge in [-0.3, -0.25) is 24.0 Å². The maximum atomic E-state index is 12.4. The standard InChI is InChI=1S/C37H45N11O3S/c1-24-21-46(16-17-48(24)27-6-7-29-31(19-27)45(2)44-33(29)41-32(50)8-13-38-23-49)22-25-4-3-5-28(18-25)52-47-14-9-26(10-15-47)40-36-39-20-30-34(43-36)42-35(51)37(30)11-12-37/h3-7,18-20,23-24,26H,8-17,21-22H2,1-2H3,(H,38,49)(H,41,44,50)(H2,39,40,42,43,51). The Morgan fingerprint density at radius 3 is 2.75 bits per heavy atom. The summed E-state index contributed by atoms with van der Waals surface area (Å²) in [4.78, 5) is 50.6. The van der Waals surface area contributed by atoms with Crippen molar-refractivity contribution in [3.05, 3.63) is 59.8 Å². The molecule has 14 nitrogen and oxygen atoms in total. The molecule has 1 spiro atoms. The van der Waals surface area contributed by atoms with Crippen LogP contribution >= 0.6 is 11.9 Å². The molecule has 2 aromatic carbocycles. The number of anilines is 4. The summed E-state index contributed by atoms with van der Waals surface area (Å²) in [6, 6.07) is 15.9. The molecule has 1 saturated carbocycles. The molecule has 2 aromatic heterocycles. The Balaban J connectivity index is 0.814. The minimum atomic E-state index is -0.354. The number of amides is 3. The van der Waals surface area contributed by atoms with Gasteiger partial charge in [-0.2, -0.15) is 10.1 Å². The van der Waals surface area contributed by atoms with Crippen molar-refractivity contribution in [2.75, 3.05) is 60.1 Å². The number of nitrogens with zero attached hydrogens (tertiary/aromatic N) is 7. The molecule has 4 aliphatic rings. The van der Waals surface area contributed by atoms with Crippen LogP contribution in [0.2, 0.25) is 0 Å². The number of carbonyl (C=O) groups is 3. The molecule has 1 aliphatic carbocycles. The number of aromatic nitrogens is 4. The van der Waals surface area contributed by atoms with Crippen molar-refractivity contribution in [3.8, 4) is 0 Å². The maximum absolute atomic E-state index is 12.4. The molecule has 5 heterocycles. The molecule has 0 bridgehead atoms. The summed E-state index contributed by atoms with van der Waals surface area (Å²) < 4.78 is 4.25. The lowest BCUT2D eigenvalue weighted by Crippen LogP contribution is -2.51. The second-order valence-corrected chi connectivity index (χ2v) is 15.6. The molecule has 3 fully saturated rings. The third-order valence-corrected chi connectivity index (χ3v) is 11.9. The van der Waals surface area contributed by atoms with E-state index in [4.69, 9.17) is 0 Å². The SMILES string of the molecule is CC1CN(Cc2cccc(SN3CCC(Nc4ncc5c(n4)NC(=O)C54CC4)CC3)c2)CCN1c1ccc2c(NC(=O)CCNC=O)nn(C)c2c1. The first-order chi connectivity index (χ1) is 25.3. The Bertz CT molecular complexity index is 1990. The second-order valence-electron chi connectivity index (χ2n) is 14.4. The van der Waals surface area contributed by atoms with Crippen LogP contribution in [0, 0.1) is 0 Å². The van der Waals surface area contributed by atoms with Crippen LogP contribution in [0.5, 0.6) is 0 Å². The lowest BCUT2D eigenvalue weighted by molar-refractivity contribution is -0.118. The van der Waals surface area contributed by atoms with E-state index in [1.165, 1.54) is 10.5 Å². The summed E-state index contributed by atoms with van der Waals surface area (Å²) in [5.41, 5.74) is 4.03. The van der Waals surface area contributed by atoms with Gasteiger partial charge in [0.15, 0.2) is 5.82 Å². The summed E-state index contributed by atoms with van der Waals surface area (Å²) in [5, 5.41) is 17.3. The fourth-order valence-corrected chi connectivity index (χ4v) is 8.80. The molecule has 1 unspecified atom stereocenters. The highest BCUT2D eigenvalue weighted by Gasteiger charge is 2.57. The molecular weight excluding hydrogens is 679 g/mol. The topological polar surface area (TPSA) is 153 Å². The van der Waals surface area contributed by atoms with Gasteiger partial charge in [0.05, 0.1) is 10.9 Å². The van der Waals surface area contributed by atoms with Crippen LogP contribution < -0.4 is 26.2 Å². The van der Waals surface area contributed by atoms with Crippen molar-refractivity contribution >= 4 is 64.3 Å². The van der Waals surface area contributed by atoms with Gasteiger partial charge in [0, 0.05) is 99.1 Å². The fourth-order valence-electron chi connectivity index (χ4n) is 7.77. The van der Waals surface area contributed by atoms with Gasteiger partial charge in [-0.15, -0.1) is 0 Å². The van der Waals surface area contributed by atoms with Crippen molar-refractivity contribution in [2.24, 2.45) is 7.05 Å². The van der Waals surface area contributed by atoms with Gasteiger partial charge in [0.2, 0.25) is 24.2 Å². The van der Waals surface area contributed by atoms with Crippen LogP contribution in [0.3, 0.4) is 0 Å². The van der Waals surface area contributed by atoms with E-state index in [9.17, 15) is 14.4 Å². The Labute approximate surface area is 307 Å². The molecule has 1 atom stereocenters. The van der Waals surface area contributed by atoms with Crippen molar-refractivity contribution in [3.63, 3.8) is 0 Å². The first kappa shape index (κ1) is 34.4. The van der Waals surface area contributed by atoms with Crippen LogP contribution in [0.15, 0.2) is 53.6 Å². The summed E-state index contributed by atoms with van der Waals surface area (Å²) in [5.74, 6) is 1.69. The molecule has 3 amide bonds. The highest BCUT2D eigenvalue weighted by molar-refractivity contribution is 7.97. The first-order valence-corrected chi connectivity index (χ1v) is 19.0. The predicted molar refractivity (Wildman–Crippen MR) is 202 cm³/mol. The average molecular weight is 724 g/mol. The van der Waals surface area contributed by atoms with Crippen LogP contribution in [0.1, 0.15) is 50.2 Å². The lowest BCUT2D eigenvalue weighted by Gasteiger charge is -2.41. The number of carbonyl (C=O) groups excluding carboxylic acids is 3. The van der Waals surface area contributed by atoms with Gasteiger partial charge in [-0.25, -0.2) is 9.29 Å². The molecule has 8 rings (SSSR count). The average Bonchev–Trinajstić information content (AvgIpc) is 3.82. The van der Waals surface area contributed by atoms with Crippen LogP contribution in [0.25, 0.3) is 10.9 Å².